The van der Waals surface area contributed by atoms with Gasteiger partial charge in [-0.1, -0.05) is 12.1 Å². The van der Waals surface area contributed by atoms with Gasteiger partial charge in [-0.05, 0) is 58.2 Å². The second-order valence-corrected chi connectivity index (χ2v) is 8.90. The molecule has 1 amide bonds. The number of aryl methyl sites for hydroxylation is 1. The summed E-state index contributed by atoms with van der Waals surface area (Å²) in [5.41, 5.74) is 1.15. The van der Waals surface area contributed by atoms with E-state index in [2.05, 4.69) is 5.32 Å². The van der Waals surface area contributed by atoms with Gasteiger partial charge in [0.1, 0.15) is 11.0 Å². The van der Waals surface area contributed by atoms with Crippen molar-refractivity contribution in [3.8, 4) is 5.75 Å². The number of carbonyl (C=O) groups excluding carboxylic acids is 1. The van der Waals surface area contributed by atoms with Crippen LogP contribution in [-0.4, -0.2) is 38.0 Å². The Labute approximate surface area is 139 Å². The maximum atomic E-state index is 12.1. The second kappa shape index (κ2) is 8.34. The summed E-state index contributed by atoms with van der Waals surface area (Å²) < 4.78 is 29.2. The lowest BCUT2D eigenvalue weighted by Crippen LogP contribution is -2.44. The van der Waals surface area contributed by atoms with Gasteiger partial charge in [-0.3, -0.25) is 4.79 Å². The number of nitrogens with one attached hydrogen (secondary N) is 1. The molecule has 0 bridgehead atoms. The van der Waals surface area contributed by atoms with Crippen LogP contribution in [0, 0.1) is 0 Å². The van der Waals surface area contributed by atoms with Crippen LogP contribution >= 0.6 is 0 Å². The molecule has 1 aromatic carbocycles. The lowest BCUT2D eigenvalue weighted by atomic mass is 10.1. The van der Waals surface area contributed by atoms with E-state index in [1.54, 1.807) is 21.0 Å². The Balaban J connectivity index is 2.52. The van der Waals surface area contributed by atoms with Crippen molar-refractivity contribution < 1.29 is 17.9 Å². The van der Waals surface area contributed by atoms with E-state index in [0.717, 1.165) is 24.2 Å². The molecule has 0 radical (unpaired) electrons. The number of rotatable bonds is 8. The second-order valence-electron chi connectivity index (χ2n) is 6.08. The molecule has 0 fully saturated rings. The molecule has 0 heterocycles. The summed E-state index contributed by atoms with van der Waals surface area (Å²) in [5, 5.41) is 1.21. The van der Waals surface area contributed by atoms with Crippen molar-refractivity contribution in [1.82, 2.24) is 5.32 Å². The Morgan fingerprint density at radius 2 is 1.70 bits per heavy atom. The molecule has 0 aromatic heterocycles. The standard InChI is InChI=1S/C17H27NO4S/c1-12(2)23(20,21)14(4)17(19)18-13(3)6-7-15-8-10-16(22-5)11-9-15/h8-14H,6-7H2,1-5H3,(H,18,19)/t13-,14+/m1/s1. The highest BCUT2D eigenvalue weighted by Crippen LogP contribution is 2.14. The minimum Gasteiger partial charge on any atom is -0.497 e. The zero-order chi connectivity index (χ0) is 17.6. The van der Waals surface area contributed by atoms with Gasteiger partial charge in [0.2, 0.25) is 5.91 Å². The average Bonchev–Trinajstić information content (AvgIpc) is 2.52. The molecular formula is C17H27NO4S. The molecule has 0 saturated carbocycles. The molecule has 0 aliphatic rings. The maximum Gasteiger partial charge on any atom is 0.238 e. The zero-order valence-electron chi connectivity index (χ0n) is 14.5. The minimum absolute atomic E-state index is 0.0885. The van der Waals surface area contributed by atoms with Gasteiger partial charge in [0.25, 0.3) is 0 Å². The number of amides is 1. The van der Waals surface area contributed by atoms with Crippen LogP contribution in [0.15, 0.2) is 24.3 Å². The van der Waals surface area contributed by atoms with Gasteiger partial charge in [-0.15, -0.1) is 0 Å². The Hall–Kier alpha value is -1.56. The van der Waals surface area contributed by atoms with Crippen molar-refractivity contribution >= 4 is 15.7 Å². The van der Waals surface area contributed by atoms with Crippen LogP contribution in [0.3, 0.4) is 0 Å². The fourth-order valence-electron chi connectivity index (χ4n) is 2.17. The normalized spacial score (nSPS) is 14.3. The summed E-state index contributed by atoms with van der Waals surface area (Å²) in [6.07, 6.45) is 1.54. The van der Waals surface area contributed by atoms with Crippen molar-refractivity contribution in [1.29, 1.82) is 0 Å². The van der Waals surface area contributed by atoms with E-state index in [0.29, 0.717) is 0 Å². The SMILES string of the molecule is COc1ccc(CC[C@@H](C)NC(=O)[C@H](C)S(=O)(=O)C(C)C)cc1. The molecule has 0 saturated heterocycles. The first kappa shape index (κ1) is 19.5. The number of hydrogen-bond donors (Lipinski definition) is 1. The number of carbonyl (C=O) groups is 1. The van der Waals surface area contributed by atoms with Gasteiger partial charge in [-0.2, -0.15) is 0 Å². The Bertz CT molecular complexity index is 608. The topological polar surface area (TPSA) is 72.5 Å². The van der Waals surface area contributed by atoms with E-state index < -0.39 is 26.2 Å². The number of sulfone groups is 1. The lowest BCUT2D eigenvalue weighted by Gasteiger charge is -2.19. The molecule has 23 heavy (non-hydrogen) atoms. The van der Waals surface area contributed by atoms with Crippen LogP contribution in [0.2, 0.25) is 0 Å². The van der Waals surface area contributed by atoms with E-state index in [4.69, 9.17) is 4.74 Å². The summed E-state index contributed by atoms with van der Waals surface area (Å²) in [5.74, 6) is 0.378. The van der Waals surface area contributed by atoms with E-state index in [9.17, 15) is 13.2 Å². The van der Waals surface area contributed by atoms with Crippen molar-refractivity contribution in [3.05, 3.63) is 29.8 Å². The van der Waals surface area contributed by atoms with Crippen LogP contribution in [-0.2, 0) is 21.1 Å². The van der Waals surface area contributed by atoms with Gasteiger partial charge in [-0.25, -0.2) is 8.42 Å². The molecule has 0 spiro atoms. The molecule has 0 aliphatic heterocycles. The summed E-state index contributed by atoms with van der Waals surface area (Å²) in [6, 6.07) is 7.68. The third-order valence-electron chi connectivity index (χ3n) is 3.93. The lowest BCUT2D eigenvalue weighted by molar-refractivity contribution is -0.121. The number of hydrogen-bond acceptors (Lipinski definition) is 4. The van der Waals surface area contributed by atoms with Crippen molar-refractivity contribution in [3.63, 3.8) is 0 Å². The fourth-order valence-corrected chi connectivity index (χ4v) is 3.35. The molecule has 0 aliphatic carbocycles. The average molecular weight is 341 g/mol. The fraction of sp³-hybridized carbons (Fsp3) is 0.588. The van der Waals surface area contributed by atoms with Crippen molar-refractivity contribution in [2.75, 3.05) is 7.11 Å². The van der Waals surface area contributed by atoms with Gasteiger partial charge in [0.05, 0.1) is 12.4 Å². The van der Waals surface area contributed by atoms with Crippen LogP contribution in [0.4, 0.5) is 0 Å². The largest absolute Gasteiger partial charge is 0.497 e. The summed E-state index contributed by atoms with van der Waals surface area (Å²) >= 11 is 0. The van der Waals surface area contributed by atoms with Crippen LogP contribution in [0.1, 0.15) is 39.7 Å². The van der Waals surface area contributed by atoms with Crippen LogP contribution in [0.25, 0.3) is 0 Å². The number of methoxy groups -OCH3 is 1. The number of ether oxygens (including phenoxy) is 1. The molecule has 6 heteroatoms. The highest BCUT2D eigenvalue weighted by Gasteiger charge is 2.31. The van der Waals surface area contributed by atoms with Crippen molar-refractivity contribution in [2.45, 2.75) is 57.1 Å². The summed E-state index contributed by atoms with van der Waals surface area (Å²) in [6.45, 7) is 6.51. The first-order valence-electron chi connectivity index (χ1n) is 7.84. The molecule has 1 N–H and O–H groups in total. The molecule has 2 atom stereocenters. The molecule has 1 aromatic rings. The first-order chi connectivity index (χ1) is 10.7. The first-order valence-corrected chi connectivity index (χ1v) is 9.45. The maximum absolute atomic E-state index is 12.1. The summed E-state index contributed by atoms with van der Waals surface area (Å²) in [7, 11) is -1.80. The van der Waals surface area contributed by atoms with Crippen LogP contribution < -0.4 is 10.1 Å². The monoisotopic (exact) mass is 341 g/mol. The van der Waals surface area contributed by atoms with Crippen molar-refractivity contribution in [2.24, 2.45) is 0 Å². The Morgan fingerprint density at radius 3 is 2.17 bits per heavy atom. The Kier molecular flexibility index (Phi) is 7.06. The van der Waals surface area contributed by atoms with E-state index in [1.165, 1.54) is 6.92 Å². The minimum atomic E-state index is -3.42. The quantitative estimate of drug-likeness (QED) is 0.788. The van der Waals surface area contributed by atoms with Gasteiger partial charge in [0.15, 0.2) is 9.84 Å². The van der Waals surface area contributed by atoms with E-state index >= 15 is 0 Å². The Morgan fingerprint density at radius 1 is 1.13 bits per heavy atom. The smallest absolute Gasteiger partial charge is 0.238 e. The predicted octanol–water partition coefficient (Wildman–Crippen LogP) is 2.34. The molecular weight excluding hydrogens is 314 g/mol. The van der Waals surface area contributed by atoms with Gasteiger partial charge in [0, 0.05) is 6.04 Å². The van der Waals surface area contributed by atoms with E-state index in [1.807, 2.05) is 31.2 Å². The number of benzene rings is 1. The molecule has 1 rings (SSSR count). The van der Waals surface area contributed by atoms with E-state index in [-0.39, 0.29) is 6.04 Å². The predicted molar refractivity (Wildman–Crippen MR) is 92.4 cm³/mol. The molecule has 5 nitrogen and oxygen atoms in total. The highest BCUT2D eigenvalue weighted by atomic mass is 32.2. The third kappa shape index (κ3) is 5.53. The third-order valence-corrected chi connectivity index (χ3v) is 6.45. The van der Waals surface area contributed by atoms with Gasteiger partial charge < -0.3 is 10.1 Å². The van der Waals surface area contributed by atoms with Crippen LogP contribution in [0.5, 0.6) is 5.75 Å². The summed E-state index contributed by atoms with van der Waals surface area (Å²) in [4.78, 5) is 12.1. The van der Waals surface area contributed by atoms with Gasteiger partial charge >= 0.3 is 0 Å². The highest BCUT2D eigenvalue weighted by molar-refractivity contribution is 7.93. The molecule has 130 valence electrons. The zero-order valence-corrected chi connectivity index (χ0v) is 15.3. The molecule has 0 unspecified atom stereocenters.